The van der Waals surface area contributed by atoms with Crippen molar-refractivity contribution < 1.29 is 4.79 Å². The van der Waals surface area contributed by atoms with E-state index in [1.54, 1.807) is 18.3 Å². The van der Waals surface area contributed by atoms with Crippen molar-refractivity contribution in [1.82, 2.24) is 20.0 Å². The third kappa shape index (κ3) is 2.89. The fraction of sp³-hybridized carbons (Fsp3) is 0.571. The molecule has 1 amide bonds. The number of nitrogens with one attached hydrogen (secondary N) is 2. The molecule has 0 spiro atoms. The Bertz CT molecular complexity index is 634. The van der Waals surface area contributed by atoms with E-state index in [9.17, 15) is 4.79 Å². The second-order valence-corrected chi connectivity index (χ2v) is 6.22. The van der Waals surface area contributed by atoms with Gasteiger partial charge < -0.3 is 15.5 Å². The van der Waals surface area contributed by atoms with Crippen molar-refractivity contribution in [3.8, 4) is 0 Å². The second kappa shape index (κ2) is 6.03. The summed E-state index contributed by atoms with van der Waals surface area (Å²) in [5.41, 5.74) is 1.21. The zero-order valence-corrected chi connectivity index (χ0v) is 13.2. The van der Waals surface area contributed by atoms with Gasteiger partial charge in [0.2, 0.25) is 5.91 Å². The highest BCUT2D eigenvalue weighted by Gasteiger charge is 2.27. The Kier molecular flexibility index (Phi) is 4.12. The van der Waals surface area contributed by atoms with E-state index in [4.69, 9.17) is 4.98 Å². The normalized spacial score (nSPS) is 18.6. The van der Waals surface area contributed by atoms with Crippen LogP contribution in [0.15, 0.2) is 11.6 Å². The average molecular weight is 307 g/mol. The number of thiazole rings is 1. The molecule has 1 fully saturated rings. The number of carbonyl (C=O) groups is 1. The fourth-order valence-electron chi connectivity index (χ4n) is 2.84. The molecule has 21 heavy (non-hydrogen) atoms. The summed E-state index contributed by atoms with van der Waals surface area (Å²) in [5, 5.41) is 8.45. The zero-order chi connectivity index (χ0) is 14.8. The van der Waals surface area contributed by atoms with Gasteiger partial charge in [0, 0.05) is 44.2 Å². The first-order valence-corrected chi connectivity index (χ1v) is 8.24. The minimum absolute atomic E-state index is 0.0422. The van der Waals surface area contributed by atoms with Crippen molar-refractivity contribution in [2.75, 3.05) is 24.5 Å². The molecule has 0 aliphatic carbocycles. The maximum Gasteiger partial charge on any atom is 0.217 e. The molecule has 1 aliphatic rings. The minimum Gasteiger partial charge on any atom is -0.353 e. The number of aromatic nitrogens is 2. The molecule has 0 saturated carbocycles. The van der Waals surface area contributed by atoms with E-state index in [1.807, 2.05) is 0 Å². The summed E-state index contributed by atoms with van der Waals surface area (Å²) in [6.45, 7) is 7.20. The zero-order valence-electron chi connectivity index (χ0n) is 12.4. The molecule has 0 bridgehead atoms. The van der Waals surface area contributed by atoms with E-state index >= 15 is 0 Å². The van der Waals surface area contributed by atoms with Crippen molar-refractivity contribution in [3.63, 3.8) is 0 Å². The van der Waals surface area contributed by atoms with Gasteiger partial charge in [-0.2, -0.15) is 0 Å². The van der Waals surface area contributed by atoms with Gasteiger partial charge >= 0.3 is 0 Å². The fourth-order valence-corrected chi connectivity index (χ4v) is 3.57. The summed E-state index contributed by atoms with van der Waals surface area (Å²) in [4.78, 5) is 19.3. The highest BCUT2D eigenvalue weighted by molar-refractivity contribution is 7.15. The van der Waals surface area contributed by atoms with Gasteiger partial charge in [-0.15, -0.1) is 11.3 Å². The molecule has 0 radical (unpaired) electrons. The molecule has 3 rings (SSSR count). The average Bonchev–Trinajstić information content (AvgIpc) is 3.10. The molecule has 6 nitrogen and oxygen atoms in total. The lowest BCUT2D eigenvalue weighted by atomic mass is 10.2. The van der Waals surface area contributed by atoms with Crippen molar-refractivity contribution >= 4 is 28.0 Å². The van der Waals surface area contributed by atoms with E-state index in [2.05, 4.69) is 38.4 Å². The van der Waals surface area contributed by atoms with Gasteiger partial charge in [0.1, 0.15) is 0 Å². The Hall–Kier alpha value is -1.60. The molecule has 1 unspecified atom stereocenters. The van der Waals surface area contributed by atoms with Gasteiger partial charge in [-0.25, -0.2) is 4.98 Å². The quantitative estimate of drug-likeness (QED) is 0.872. The first-order chi connectivity index (χ1) is 10.2. The van der Waals surface area contributed by atoms with Crippen LogP contribution in [0.25, 0.3) is 4.96 Å². The van der Waals surface area contributed by atoms with Crippen molar-refractivity contribution in [2.45, 2.75) is 32.9 Å². The number of imidazole rings is 1. The van der Waals surface area contributed by atoms with Crippen LogP contribution in [-0.2, 0) is 11.3 Å². The van der Waals surface area contributed by atoms with Gasteiger partial charge in [-0.05, 0) is 13.0 Å². The van der Waals surface area contributed by atoms with Crippen LogP contribution >= 0.6 is 11.3 Å². The third-order valence-electron chi connectivity index (χ3n) is 3.78. The van der Waals surface area contributed by atoms with E-state index in [-0.39, 0.29) is 11.9 Å². The Morgan fingerprint density at radius 2 is 2.43 bits per heavy atom. The maximum absolute atomic E-state index is 11.2. The van der Waals surface area contributed by atoms with Crippen molar-refractivity contribution in [1.29, 1.82) is 0 Å². The molecule has 1 atom stereocenters. The summed E-state index contributed by atoms with van der Waals surface area (Å²) in [6, 6.07) is 0.231. The lowest BCUT2D eigenvalue weighted by Crippen LogP contribution is -2.35. The topological polar surface area (TPSA) is 61.7 Å². The van der Waals surface area contributed by atoms with E-state index in [0.717, 1.165) is 43.4 Å². The molecule has 2 N–H and O–H groups in total. The first kappa shape index (κ1) is 14.3. The SMILES string of the molecule is CCNCc1c(N2CCC(NC(C)=O)C2)nc2sccn12. The molecule has 2 aromatic rings. The molecule has 3 heterocycles. The third-order valence-corrected chi connectivity index (χ3v) is 4.53. The lowest BCUT2D eigenvalue weighted by molar-refractivity contribution is -0.119. The maximum atomic E-state index is 11.2. The van der Waals surface area contributed by atoms with E-state index in [1.165, 1.54) is 5.69 Å². The lowest BCUT2D eigenvalue weighted by Gasteiger charge is -2.18. The molecule has 2 aromatic heterocycles. The highest BCUT2D eigenvalue weighted by Crippen LogP contribution is 2.27. The minimum atomic E-state index is 0.0422. The Morgan fingerprint density at radius 1 is 1.57 bits per heavy atom. The van der Waals surface area contributed by atoms with Crippen molar-refractivity contribution in [2.24, 2.45) is 0 Å². The summed E-state index contributed by atoms with van der Waals surface area (Å²) >= 11 is 1.65. The molecule has 7 heteroatoms. The Morgan fingerprint density at radius 3 is 3.19 bits per heavy atom. The van der Waals surface area contributed by atoms with Crippen LogP contribution in [0.2, 0.25) is 0 Å². The predicted molar refractivity (Wildman–Crippen MR) is 84.9 cm³/mol. The summed E-state index contributed by atoms with van der Waals surface area (Å²) < 4.78 is 2.16. The van der Waals surface area contributed by atoms with Gasteiger partial charge in [0.15, 0.2) is 10.8 Å². The van der Waals surface area contributed by atoms with Gasteiger partial charge in [0.25, 0.3) is 0 Å². The number of hydrogen-bond donors (Lipinski definition) is 2. The molecule has 1 saturated heterocycles. The first-order valence-electron chi connectivity index (χ1n) is 7.36. The molecule has 1 aliphatic heterocycles. The van der Waals surface area contributed by atoms with Crippen LogP contribution < -0.4 is 15.5 Å². The molecule has 0 aromatic carbocycles. The van der Waals surface area contributed by atoms with Gasteiger partial charge in [-0.3, -0.25) is 9.20 Å². The smallest absolute Gasteiger partial charge is 0.217 e. The highest BCUT2D eigenvalue weighted by atomic mass is 32.1. The number of carbonyl (C=O) groups excluding carboxylic acids is 1. The molecular formula is C14H21N5OS. The Labute approximate surface area is 128 Å². The summed E-state index contributed by atoms with van der Waals surface area (Å²) in [6.07, 6.45) is 3.05. The van der Waals surface area contributed by atoms with Gasteiger partial charge in [-0.1, -0.05) is 6.92 Å². The number of fused-ring (bicyclic) bond motifs is 1. The number of anilines is 1. The molecule has 114 valence electrons. The monoisotopic (exact) mass is 307 g/mol. The van der Waals surface area contributed by atoms with Crippen LogP contribution in [-0.4, -0.2) is 41.0 Å². The summed E-state index contributed by atoms with van der Waals surface area (Å²) in [7, 11) is 0. The number of rotatable bonds is 5. The van der Waals surface area contributed by atoms with Crippen LogP contribution in [0.1, 0.15) is 26.0 Å². The largest absolute Gasteiger partial charge is 0.353 e. The predicted octanol–water partition coefficient (Wildman–Crippen LogP) is 1.22. The van der Waals surface area contributed by atoms with Gasteiger partial charge in [0.05, 0.1) is 5.69 Å². The van der Waals surface area contributed by atoms with Crippen LogP contribution in [0.4, 0.5) is 5.82 Å². The van der Waals surface area contributed by atoms with Crippen LogP contribution in [0, 0.1) is 0 Å². The van der Waals surface area contributed by atoms with Crippen LogP contribution in [0.5, 0.6) is 0 Å². The standard InChI is InChI=1S/C14H21N5OS/c1-3-15-8-12-13(17-14-19(12)6-7-21-14)18-5-4-11(9-18)16-10(2)20/h6-7,11,15H,3-5,8-9H2,1-2H3,(H,16,20). The number of hydrogen-bond acceptors (Lipinski definition) is 5. The number of amides is 1. The van der Waals surface area contributed by atoms with Crippen molar-refractivity contribution in [3.05, 3.63) is 17.3 Å². The summed E-state index contributed by atoms with van der Waals surface area (Å²) in [5.74, 6) is 1.09. The molecular weight excluding hydrogens is 286 g/mol. The van der Waals surface area contributed by atoms with E-state index < -0.39 is 0 Å². The van der Waals surface area contributed by atoms with E-state index in [0.29, 0.717) is 0 Å². The number of nitrogens with zero attached hydrogens (tertiary/aromatic N) is 3. The Balaban J connectivity index is 1.82. The second-order valence-electron chi connectivity index (χ2n) is 5.35. The van der Waals surface area contributed by atoms with Crippen LogP contribution in [0.3, 0.4) is 0 Å².